The zero-order valence-electron chi connectivity index (χ0n) is 9.52. The summed E-state index contributed by atoms with van der Waals surface area (Å²) in [5.74, 6) is 0. The topological polar surface area (TPSA) is 38.0 Å². The molecule has 2 heteroatoms. The van der Waals surface area contributed by atoms with Gasteiger partial charge in [-0.05, 0) is 29.5 Å². The summed E-state index contributed by atoms with van der Waals surface area (Å²) in [6, 6.07) is 6.48. The number of benzene rings is 1. The minimum atomic E-state index is 0.214. The van der Waals surface area contributed by atoms with Gasteiger partial charge in [0.15, 0.2) is 0 Å². The number of nitrogens with one attached hydrogen (secondary N) is 1. The summed E-state index contributed by atoms with van der Waals surface area (Å²) in [5, 5.41) is 3.13. The second-order valence-corrected chi connectivity index (χ2v) is 4.66. The maximum absolute atomic E-state index is 5.44. The van der Waals surface area contributed by atoms with Crippen LogP contribution in [0.5, 0.6) is 0 Å². The van der Waals surface area contributed by atoms with Gasteiger partial charge in [-0.1, -0.05) is 32.9 Å². The number of nitrogens with two attached hydrogens (primary N) is 1. The Morgan fingerprint density at radius 2 is 1.93 bits per heavy atom. The van der Waals surface area contributed by atoms with Crippen LogP contribution in [0.3, 0.4) is 0 Å². The molecular weight excluding hydrogens is 172 g/mol. The fourth-order valence-corrected chi connectivity index (χ4v) is 1.44. The molecule has 0 heterocycles. The monoisotopic (exact) mass is 192 g/mol. The van der Waals surface area contributed by atoms with Crippen molar-refractivity contribution in [3.63, 3.8) is 0 Å². The van der Waals surface area contributed by atoms with Crippen LogP contribution >= 0.6 is 0 Å². The lowest BCUT2D eigenvalue weighted by atomic mass is 9.86. The van der Waals surface area contributed by atoms with Crippen LogP contribution in [0.4, 0.5) is 5.69 Å². The van der Waals surface area contributed by atoms with E-state index in [-0.39, 0.29) is 5.41 Å². The maximum atomic E-state index is 5.44. The summed E-state index contributed by atoms with van der Waals surface area (Å²) in [6.07, 6.45) is 0. The van der Waals surface area contributed by atoms with E-state index in [1.807, 2.05) is 0 Å². The summed E-state index contributed by atoms with van der Waals surface area (Å²) in [7, 11) is 0. The lowest BCUT2D eigenvalue weighted by Crippen LogP contribution is -2.14. The van der Waals surface area contributed by atoms with E-state index in [1.54, 1.807) is 0 Å². The van der Waals surface area contributed by atoms with Crippen molar-refractivity contribution < 1.29 is 0 Å². The van der Waals surface area contributed by atoms with Gasteiger partial charge < -0.3 is 11.1 Å². The zero-order valence-corrected chi connectivity index (χ0v) is 9.52. The molecule has 0 aliphatic carbocycles. The molecule has 0 aromatic heterocycles. The Labute approximate surface area is 86.5 Å². The maximum Gasteiger partial charge on any atom is 0.0628 e. The number of hydrogen-bond acceptors (Lipinski definition) is 2. The van der Waals surface area contributed by atoms with Gasteiger partial charge in [-0.2, -0.15) is 0 Å². The van der Waals surface area contributed by atoms with E-state index in [2.05, 4.69) is 51.2 Å². The Morgan fingerprint density at radius 1 is 1.29 bits per heavy atom. The van der Waals surface area contributed by atoms with Gasteiger partial charge in [-0.25, -0.2) is 0 Å². The molecule has 0 atom stereocenters. The van der Waals surface area contributed by atoms with Crippen molar-refractivity contribution in [2.45, 2.75) is 33.1 Å². The molecule has 1 rings (SSSR count). The summed E-state index contributed by atoms with van der Waals surface area (Å²) in [4.78, 5) is 0. The number of anilines is 1. The molecule has 0 bridgehead atoms. The third-order valence-electron chi connectivity index (χ3n) is 2.38. The van der Waals surface area contributed by atoms with Crippen molar-refractivity contribution in [3.05, 3.63) is 29.3 Å². The average molecular weight is 192 g/mol. The highest BCUT2D eigenvalue weighted by molar-refractivity contribution is 5.52. The first-order valence-electron chi connectivity index (χ1n) is 5.00. The van der Waals surface area contributed by atoms with Gasteiger partial charge in [-0.3, -0.25) is 0 Å². The van der Waals surface area contributed by atoms with Crippen molar-refractivity contribution >= 4 is 5.69 Å². The predicted molar refractivity (Wildman–Crippen MR) is 62.6 cm³/mol. The molecule has 14 heavy (non-hydrogen) atoms. The summed E-state index contributed by atoms with van der Waals surface area (Å²) < 4.78 is 0. The van der Waals surface area contributed by atoms with E-state index < -0.39 is 0 Å². The molecule has 0 spiro atoms. The van der Waals surface area contributed by atoms with Crippen molar-refractivity contribution in [2.75, 3.05) is 12.0 Å². The standard InChI is InChI=1S/C12H20N2/c1-9-7-10(12(2,3)4)5-6-11(9)14-8-13/h5-7,14H,8,13H2,1-4H3. The highest BCUT2D eigenvalue weighted by Crippen LogP contribution is 2.26. The minimum absolute atomic E-state index is 0.214. The Kier molecular flexibility index (Phi) is 3.17. The molecule has 78 valence electrons. The first kappa shape index (κ1) is 11.1. The van der Waals surface area contributed by atoms with Crippen molar-refractivity contribution in [1.29, 1.82) is 0 Å². The van der Waals surface area contributed by atoms with Gasteiger partial charge >= 0.3 is 0 Å². The molecule has 0 unspecified atom stereocenters. The fourth-order valence-electron chi connectivity index (χ4n) is 1.44. The summed E-state index contributed by atoms with van der Waals surface area (Å²) >= 11 is 0. The molecule has 2 nitrogen and oxygen atoms in total. The normalized spacial score (nSPS) is 11.5. The SMILES string of the molecule is Cc1cc(C(C)(C)C)ccc1NCN. The van der Waals surface area contributed by atoms with Gasteiger partial charge in [0.25, 0.3) is 0 Å². The van der Waals surface area contributed by atoms with Crippen LogP contribution in [-0.4, -0.2) is 6.67 Å². The van der Waals surface area contributed by atoms with Gasteiger partial charge in [0.05, 0.1) is 6.67 Å². The Balaban J connectivity index is 3.01. The van der Waals surface area contributed by atoms with E-state index in [0.717, 1.165) is 5.69 Å². The lowest BCUT2D eigenvalue weighted by molar-refractivity contribution is 0.590. The van der Waals surface area contributed by atoms with Crippen LogP contribution in [-0.2, 0) is 5.41 Å². The van der Waals surface area contributed by atoms with E-state index in [1.165, 1.54) is 11.1 Å². The first-order chi connectivity index (χ1) is 6.45. The van der Waals surface area contributed by atoms with E-state index in [0.29, 0.717) is 6.67 Å². The zero-order chi connectivity index (χ0) is 10.8. The molecule has 0 amide bonds. The molecule has 3 N–H and O–H groups in total. The van der Waals surface area contributed by atoms with E-state index in [4.69, 9.17) is 5.73 Å². The molecule has 1 aromatic carbocycles. The third kappa shape index (κ3) is 2.48. The Hall–Kier alpha value is -1.02. The Bertz CT molecular complexity index is 311. The summed E-state index contributed by atoms with van der Waals surface area (Å²) in [6.45, 7) is 9.25. The van der Waals surface area contributed by atoms with Gasteiger partial charge in [-0.15, -0.1) is 0 Å². The van der Waals surface area contributed by atoms with E-state index in [9.17, 15) is 0 Å². The van der Waals surface area contributed by atoms with Gasteiger partial charge in [0.1, 0.15) is 0 Å². The van der Waals surface area contributed by atoms with Gasteiger partial charge in [0, 0.05) is 5.69 Å². The molecule has 0 saturated carbocycles. The molecule has 0 saturated heterocycles. The second-order valence-electron chi connectivity index (χ2n) is 4.66. The lowest BCUT2D eigenvalue weighted by Gasteiger charge is -2.20. The highest BCUT2D eigenvalue weighted by atomic mass is 15.0. The van der Waals surface area contributed by atoms with Crippen LogP contribution in [0.25, 0.3) is 0 Å². The quantitative estimate of drug-likeness (QED) is 0.707. The van der Waals surface area contributed by atoms with Gasteiger partial charge in [0.2, 0.25) is 0 Å². The number of aryl methyl sites for hydroxylation is 1. The molecular formula is C12H20N2. The number of hydrogen-bond donors (Lipinski definition) is 2. The van der Waals surface area contributed by atoms with E-state index >= 15 is 0 Å². The van der Waals surface area contributed by atoms with Crippen LogP contribution in [0.15, 0.2) is 18.2 Å². The van der Waals surface area contributed by atoms with Crippen molar-refractivity contribution in [2.24, 2.45) is 5.73 Å². The van der Waals surface area contributed by atoms with Crippen LogP contribution in [0.2, 0.25) is 0 Å². The third-order valence-corrected chi connectivity index (χ3v) is 2.38. The molecule has 0 aliphatic heterocycles. The molecule has 0 radical (unpaired) electrons. The minimum Gasteiger partial charge on any atom is -0.372 e. The molecule has 1 aromatic rings. The summed E-state index contributed by atoms with van der Waals surface area (Å²) in [5.41, 5.74) is 9.39. The van der Waals surface area contributed by atoms with Crippen molar-refractivity contribution in [3.8, 4) is 0 Å². The predicted octanol–water partition coefficient (Wildman–Crippen LogP) is 2.62. The largest absolute Gasteiger partial charge is 0.372 e. The van der Waals surface area contributed by atoms with Crippen LogP contribution < -0.4 is 11.1 Å². The van der Waals surface area contributed by atoms with Crippen LogP contribution in [0.1, 0.15) is 31.9 Å². The smallest absolute Gasteiger partial charge is 0.0628 e. The molecule has 0 fully saturated rings. The highest BCUT2D eigenvalue weighted by Gasteiger charge is 2.13. The fraction of sp³-hybridized carbons (Fsp3) is 0.500. The number of rotatable bonds is 2. The van der Waals surface area contributed by atoms with Crippen LogP contribution in [0, 0.1) is 6.92 Å². The van der Waals surface area contributed by atoms with Crippen molar-refractivity contribution in [1.82, 2.24) is 0 Å². The Morgan fingerprint density at radius 3 is 2.36 bits per heavy atom. The first-order valence-corrected chi connectivity index (χ1v) is 5.00. The average Bonchev–Trinajstić information content (AvgIpc) is 2.07. The second kappa shape index (κ2) is 4.01. The molecule has 0 aliphatic rings.